The van der Waals surface area contributed by atoms with Crippen LogP contribution in [0.25, 0.3) is 11.1 Å². The largest absolute Gasteiger partial charge is 0.438 e. The Morgan fingerprint density at radius 1 is 1.14 bits per heavy atom. The second-order valence-electron chi connectivity index (χ2n) is 7.24. The number of benzene rings is 1. The first kappa shape index (κ1) is 19.7. The van der Waals surface area contributed by atoms with Crippen molar-refractivity contribution in [1.82, 2.24) is 9.47 Å². The molecule has 28 heavy (non-hydrogen) atoms. The molecule has 1 saturated heterocycles. The molecular weight excluding hydrogens is 352 g/mol. The van der Waals surface area contributed by atoms with E-state index in [1.54, 1.807) is 34.7 Å². The molecule has 0 saturated carbocycles. The lowest BCUT2D eigenvalue weighted by Gasteiger charge is -2.41. The molecular formula is C23H26N2O3. The van der Waals surface area contributed by atoms with Crippen molar-refractivity contribution in [2.75, 3.05) is 6.54 Å². The second-order valence-corrected chi connectivity index (χ2v) is 7.24. The van der Waals surface area contributed by atoms with E-state index in [1.807, 2.05) is 43.5 Å². The van der Waals surface area contributed by atoms with Gasteiger partial charge in [-0.2, -0.15) is 0 Å². The van der Waals surface area contributed by atoms with E-state index < -0.39 is 5.60 Å². The number of carbonyl (C=O) groups is 1. The summed E-state index contributed by atoms with van der Waals surface area (Å²) in [4.78, 5) is 25.9. The third-order valence-corrected chi connectivity index (χ3v) is 5.44. The van der Waals surface area contributed by atoms with Crippen molar-refractivity contribution >= 4 is 6.09 Å². The fourth-order valence-corrected chi connectivity index (χ4v) is 3.55. The highest BCUT2D eigenvalue weighted by Gasteiger charge is 2.39. The lowest BCUT2D eigenvalue weighted by molar-refractivity contribution is -0.0263. The highest BCUT2D eigenvalue weighted by atomic mass is 16.6. The van der Waals surface area contributed by atoms with E-state index in [4.69, 9.17) is 4.74 Å². The number of carbonyl (C=O) groups excluding carboxylic acids is 1. The number of rotatable bonds is 6. The number of amides is 1. The molecule has 5 nitrogen and oxygen atoms in total. The van der Waals surface area contributed by atoms with Crippen molar-refractivity contribution in [2.45, 2.75) is 31.4 Å². The molecule has 2 atom stereocenters. The predicted octanol–water partition coefficient (Wildman–Crippen LogP) is 4.46. The summed E-state index contributed by atoms with van der Waals surface area (Å²) >= 11 is 0. The van der Waals surface area contributed by atoms with Crippen LogP contribution < -0.4 is 5.56 Å². The zero-order chi connectivity index (χ0) is 20.3. The average molecular weight is 378 g/mol. The van der Waals surface area contributed by atoms with E-state index in [1.165, 1.54) is 0 Å². The van der Waals surface area contributed by atoms with Crippen LogP contribution in [0.15, 0.2) is 72.7 Å². The van der Waals surface area contributed by atoms with Gasteiger partial charge in [0.15, 0.2) is 0 Å². The Balaban J connectivity index is 1.76. The minimum Gasteiger partial charge on any atom is -0.438 e. The first-order chi connectivity index (χ1) is 13.4. The molecule has 1 amide bonds. The van der Waals surface area contributed by atoms with Gasteiger partial charge in [0.1, 0.15) is 5.60 Å². The predicted molar refractivity (Wildman–Crippen MR) is 111 cm³/mol. The number of hydrogen-bond donors (Lipinski definition) is 0. The molecule has 1 fully saturated rings. The maximum absolute atomic E-state index is 12.6. The van der Waals surface area contributed by atoms with Gasteiger partial charge in [-0.15, -0.1) is 6.58 Å². The summed E-state index contributed by atoms with van der Waals surface area (Å²) in [6, 6.07) is 11.3. The fraction of sp³-hybridized carbons (Fsp3) is 0.304. The van der Waals surface area contributed by atoms with Gasteiger partial charge in [-0.3, -0.25) is 4.79 Å². The van der Waals surface area contributed by atoms with E-state index in [2.05, 4.69) is 13.2 Å². The Kier molecular flexibility index (Phi) is 5.54. The normalized spacial score (nSPS) is 20.4. The van der Waals surface area contributed by atoms with Crippen LogP contribution in [-0.4, -0.2) is 27.7 Å². The Morgan fingerprint density at radius 2 is 1.82 bits per heavy atom. The van der Waals surface area contributed by atoms with Gasteiger partial charge in [-0.05, 0) is 35.8 Å². The number of aromatic nitrogens is 1. The summed E-state index contributed by atoms with van der Waals surface area (Å²) in [5, 5.41) is 0. The van der Waals surface area contributed by atoms with Crippen LogP contribution in [0.3, 0.4) is 0 Å². The van der Waals surface area contributed by atoms with Crippen LogP contribution >= 0.6 is 0 Å². The number of hydrogen-bond acceptors (Lipinski definition) is 3. The van der Waals surface area contributed by atoms with E-state index in [9.17, 15) is 9.59 Å². The lowest BCUT2D eigenvalue weighted by Crippen LogP contribution is -2.49. The van der Waals surface area contributed by atoms with Gasteiger partial charge in [0.25, 0.3) is 0 Å². The number of nitrogens with zero attached hydrogens (tertiary/aromatic N) is 2. The van der Waals surface area contributed by atoms with Gasteiger partial charge in [0.05, 0.1) is 6.04 Å². The molecule has 1 aromatic carbocycles. The Hall–Kier alpha value is -3.08. The van der Waals surface area contributed by atoms with Gasteiger partial charge >= 0.3 is 6.09 Å². The van der Waals surface area contributed by atoms with E-state index >= 15 is 0 Å². The monoisotopic (exact) mass is 378 g/mol. The molecule has 1 aliphatic rings. The van der Waals surface area contributed by atoms with Gasteiger partial charge in [0.2, 0.25) is 5.56 Å². The maximum Gasteiger partial charge on any atom is 0.411 e. The Bertz CT molecular complexity index is 945. The molecule has 1 aromatic heterocycles. The summed E-state index contributed by atoms with van der Waals surface area (Å²) in [6.45, 7) is 10.2. The van der Waals surface area contributed by atoms with Gasteiger partial charge in [-0.1, -0.05) is 36.9 Å². The van der Waals surface area contributed by atoms with Crippen LogP contribution in [0.2, 0.25) is 0 Å². The highest BCUT2D eigenvalue weighted by Crippen LogP contribution is 2.33. The van der Waals surface area contributed by atoms with Crippen LogP contribution in [0, 0.1) is 0 Å². The molecule has 0 unspecified atom stereocenters. The van der Waals surface area contributed by atoms with Crippen LogP contribution in [0.5, 0.6) is 0 Å². The van der Waals surface area contributed by atoms with E-state index in [0.717, 1.165) is 16.7 Å². The fourth-order valence-electron chi connectivity index (χ4n) is 3.55. The molecule has 0 radical (unpaired) electrons. The first-order valence-electron chi connectivity index (χ1n) is 9.40. The van der Waals surface area contributed by atoms with Gasteiger partial charge in [0, 0.05) is 38.7 Å². The Labute approximate surface area is 165 Å². The molecule has 0 bridgehead atoms. The van der Waals surface area contributed by atoms with Crippen molar-refractivity contribution in [3.8, 4) is 11.1 Å². The lowest BCUT2D eigenvalue weighted by atomic mass is 9.93. The van der Waals surface area contributed by atoms with Crippen molar-refractivity contribution in [1.29, 1.82) is 0 Å². The van der Waals surface area contributed by atoms with Gasteiger partial charge < -0.3 is 14.2 Å². The quantitative estimate of drug-likeness (QED) is 0.698. The maximum atomic E-state index is 12.6. The van der Waals surface area contributed by atoms with E-state index in [-0.39, 0.29) is 17.7 Å². The molecule has 1 aliphatic heterocycles. The minimum absolute atomic E-state index is 0.0374. The first-order valence-corrected chi connectivity index (χ1v) is 9.40. The number of ether oxygens (including phenoxy) is 1. The minimum atomic E-state index is -0.651. The number of aryl methyl sites for hydroxylation is 1. The topological polar surface area (TPSA) is 51.5 Å². The van der Waals surface area contributed by atoms with Crippen LogP contribution in [0.1, 0.15) is 31.4 Å². The van der Waals surface area contributed by atoms with Crippen molar-refractivity contribution in [3.63, 3.8) is 0 Å². The SMILES string of the molecule is C=CC[C@]1(C=C)CCN([C@@H](C)c2ccc(-c3ccc(=O)n(C)c3)cc2)C(=O)O1. The molecule has 2 heterocycles. The smallest absolute Gasteiger partial charge is 0.411 e. The molecule has 0 aliphatic carbocycles. The van der Waals surface area contributed by atoms with Crippen LogP contribution in [0.4, 0.5) is 4.79 Å². The molecule has 146 valence electrons. The number of cyclic esters (lactones) is 1. The zero-order valence-electron chi connectivity index (χ0n) is 16.4. The van der Waals surface area contributed by atoms with Crippen molar-refractivity contribution < 1.29 is 9.53 Å². The second kappa shape index (κ2) is 7.89. The summed E-state index contributed by atoms with van der Waals surface area (Å²) in [5.74, 6) is 0. The van der Waals surface area contributed by atoms with Gasteiger partial charge in [-0.25, -0.2) is 4.79 Å². The van der Waals surface area contributed by atoms with Crippen LogP contribution in [-0.2, 0) is 11.8 Å². The van der Waals surface area contributed by atoms with Crippen molar-refractivity contribution in [3.05, 3.63) is 83.8 Å². The summed E-state index contributed by atoms with van der Waals surface area (Å²) in [7, 11) is 1.74. The summed E-state index contributed by atoms with van der Waals surface area (Å²) in [6.07, 6.45) is 6.20. The molecule has 3 rings (SSSR count). The standard InChI is InChI=1S/C23H26N2O3/c1-5-13-23(6-2)14-15-25(22(27)28-23)17(3)18-7-9-19(10-8-18)20-11-12-21(26)24(4)16-20/h5-12,16-17H,1-2,13-15H2,3-4H3/t17-,23+/m0/s1. The molecule has 5 heteroatoms. The highest BCUT2D eigenvalue weighted by molar-refractivity contribution is 5.70. The van der Waals surface area contributed by atoms with E-state index in [0.29, 0.717) is 19.4 Å². The zero-order valence-corrected chi connectivity index (χ0v) is 16.4. The van der Waals surface area contributed by atoms with Crippen molar-refractivity contribution in [2.24, 2.45) is 7.05 Å². The number of pyridine rings is 1. The third kappa shape index (κ3) is 3.79. The summed E-state index contributed by atoms with van der Waals surface area (Å²) in [5.41, 5.74) is 2.33. The average Bonchev–Trinajstić information content (AvgIpc) is 2.70. The molecule has 2 aromatic rings. The molecule has 0 spiro atoms. The molecule has 0 N–H and O–H groups in total. The third-order valence-electron chi connectivity index (χ3n) is 5.44. The summed E-state index contributed by atoms with van der Waals surface area (Å²) < 4.78 is 7.26. The Morgan fingerprint density at radius 3 is 2.39 bits per heavy atom.